The van der Waals surface area contributed by atoms with Gasteiger partial charge in [0.2, 0.25) is 10.0 Å². The Morgan fingerprint density at radius 3 is 2.80 bits per heavy atom. The Morgan fingerprint density at radius 2 is 2.06 bits per heavy atom. The maximum Gasteiger partial charge on any atom is 0.321 e. The van der Waals surface area contributed by atoms with Crippen LogP contribution in [0.1, 0.15) is 31.2 Å². The van der Waals surface area contributed by atoms with Crippen LogP contribution in [0.3, 0.4) is 0 Å². The van der Waals surface area contributed by atoms with Gasteiger partial charge in [0.05, 0.1) is 17.5 Å². The summed E-state index contributed by atoms with van der Waals surface area (Å²) in [5.41, 5.74) is 7.05. The molecule has 3 aromatic rings. The third-order valence-electron chi connectivity index (χ3n) is 6.56. The molecule has 0 amide bonds. The average molecular weight is 517 g/mol. The molecule has 186 valence electrons. The van der Waals surface area contributed by atoms with Crippen molar-refractivity contribution in [3.8, 4) is 5.75 Å². The number of pyridine rings is 1. The number of para-hydroxylation sites is 1. The van der Waals surface area contributed by atoms with Crippen molar-refractivity contribution in [2.75, 3.05) is 20.7 Å². The Bertz CT molecular complexity index is 1360. The molecule has 2 N–H and O–H groups in total. The summed E-state index contributed by atoms with van der Waals surface area (Å²) in [6.07, 6.45) is 7.71. The second kappa shape index (κ2) is 9.92. The summed E-state index contributed by atoms with van der Waals surface area (Å²) in [7, 11) is -1.26. The maximum absolute atomic E-state index is 13.1. The van der Waals surface area contributed by atoms with E-state index in [1.165, 1.54) is 20.2 Å². The van der Waals surface area contributed by atoms with E-state index in [1.54, 1.807) is 24.4 Å². The van der Waals surface area contributed by atoms with E-state index in [0.29, 0.717) is 12.8 Å². The number of benzene rings is 1. The van der Waals surface area contributed by atoms with Crippen LogP contribution >= 0.6 is 12.2 Å². The number of carbonyl (C=O) groups excluding carboxylic acids is 1. The summed E-state index contributed by atoms with van der Waals surface area (Å²) >= 11 is 5.52. The number of aromatic nitrogens is 2. The average Bonchev–Trinajstić information content (AvgIpc) is 3.32. The molecule has 1 aromatic carbocycles. The van der Waals surface area contributed by atoms with Gasteiger partial charge in [-0.3, -0.25) is 4.79 Å². The summed E-state index contributed by atoms with van der Waals surface area (Å²) in [6.45, 7) is -0.467. The van der Waals surface area contributed by atoms with Crippen molar-refractivity contribution >= 4 is 38.8 Å². The second-order valence-electron chi connectivity index (χ2n) is 8.58. The summed E-state index contributed by atoms with van der Waals surface area (Å²) < 4.78 is 40.1. The first kappa shape index (κ1) is 25.1. The number of sulfonamides is 1. The van der Waals surface area contributed by atoms with E-state index >= 15 is 0 Å². The second-order valence-corrected chi connectivity index (χ2v) is 11.0. The van der Waals surface area contributed by atoms with Crippen molar-refractivity contribution in [1.29, 1.82) is 0 Å². The maximum atomic E-state index is 13.1. The number of rotatable bonds is 8. The van der Waals surface area contributed by atoms with Gasteiger partial charge in [0.25, 0.3) is 0 Å². The van der Waals surface area contributed by atoms with Gasteiger partial charge in [-0.25, -0.2) is 13.4 Å². The molecular weight excluding hydrogens is 488 g/mol. The smallest absolute Gasteiger partial charge is 0.321 e. The fourth-order valence-electron chi connectivity index (χ4n) is 4.70. The molecule has 1 saturated carbocycles. The number of fused-ring (bicyclic) bond motifs is 1. The molecule has 0 aliphatic heterocycles. The lowest BCUT2D eigenvalue weighted by Crippen LogP contribution is -2.53. The van der Waals surface area contributed by atoms with Crippen LogP contribution in [0.5, 0.6) is 5.75 Å². The molecule has 2 aromatic heterocycles. The monoisotopic (exact) mass is 516 g/mol. The summed E-state index contributed by atoms with van der Waals surface area (Å²) in [6, 6.07) is 10.0. The van der Waals surface area contributed by atoms with Crippen LogP contribution in [0.15, 0.2) is 59.9 Å². The van der Waals surface area contributed by atoms with Gasteiger partial charge in [0.15, 0.2) is 0 Å². The van der Waals surface area contributed by atoms with E-state index in [1.807, 2.05) is 28.9 Å². The number of hydrogen-bond acceptors (Lipinski definition) is 7. The Balaban J connectivity index is 1.58. The minimum Gasteiger partial charge on any atom is -0.495 e. The van der Waals surface area contributed by atoms with Gasteiger partial charge < -0.3 is 19.6 Å². The van der Waals surface area contributed by atoms with Crippen molar-refractivity contribution < 1.29 is 22.7 Å². The first-order valence-electron chi connectivity index (χ1n) is 11.2. The van der Waals surface area contributed by atoms with Crippen molar-refractivity contribution in [2.24, 2.45) is 5.73 Å². The van der Waals surface area contributed by atoms with Crippen molar-refractivity contribution in [2.45, 2.75) is 42.1 Å². The Morgan fingerprint density at radius 1 is 1.29 bits per heavy atom. The molecule has 1 fully saturated rings. The molecular formula is C24H28N4O5S2. The molecule has 0 spiro atoms. The van der Waals surface area contributed by atoms with Crippen LogP contribution in [-0.4, -0.2) is 59.9 Å². The third-order valence-corrected chi connectivity index (χ3v) is 8.77. The number of nitrogens with zero attached hydrogens (tertiary/aromatic N) is 3. The van der Waals surface area contributed by atoms with Gasteiger partial charge in [0.1, 0.15) is 28.9 Å². The van der Waals surface area contributed by atoms with Gasteiger partial charge in [-0.15, -0.1) is 0 Å². The van der Waals surface area contributed by atoms with Crippen molar-refractivity contribution in [3.63, 3.8) is 0 Å². The fraction of sp³-hybridized carbons (Fsp3) is 0.375. The first-order chi connectivity index (χ1) is 16.7. The molecule has 1 aliphatic carbocycles. The summed E-state index contributed by atoms with van der Waals surface area (Å²) in [5.74, 6) is -0.482. The van der Waals surface area contributed by atoms with Crippen LogP contribution in [0.2, 0.25) is 0 Å². The molecule has 0 saturated heterocycles. The molecule has 35 heavy (non-hydrogen) atoms. The number of likely N-dealkylation sites (N-methyl/N-ethyl adjacent to an activating group) is 1. The number of methoxy groups -OCH3 is 1. The quantitative estimate of drug-likeness (QED) is 0.359. The molecule has 2 heterocycles. The Kier molecular flexibility index (Phi) is 7.11. The van der Waals surface area contributed by atoms with Crippen LogP contribution in [-0.2, 0) is 25.0 Å². The largest absolute Gasteiger partial charge is 0.495 e. The lowest BCUT2D eigenvalue weighted by atomic mass is 9.67. The van der Waals surface area contributed by atoms with Crippen LogP contribution in [0, 0.1) is 0 Å². The summed E-state index contributed by atoms with van der Waals surface area (Å²) in [4.78, 5) is 17.5. The molecule has 2 atom stereocenters. The van der Waals surface area contributed by atoms with E-state index in [4.69, 9.17) is 27.4 Å². The standard InChI is InChI=1S/C24H28N4O5S2/c1-27(35(30,31)19-8-4-3-7-18(19)32-2)16-22(29)33-20-9-5-6-12-24(20,23(25)34)17-10-11-21-26-13-14-28(21)15-17/h3-4,7-8,10-11,13-15,20H,5-6,9,12,16H2,1-2H3,(H2,25,34). The lowest BCUT2D eigenvalue weighted by Gasteiger charge is -2.43. The Labute approximate surface area is 209 Å². The van der Waals surface area contributed by atoms with Crippen LogP contribution in [0.25, 0.3) is 5.65 Å². The Hall–Kier alpha value is -3.02. The fourth-order valence-corrected chi connectivity index (χ4v) is 6.32. The number of carbonyl (C=O) groups is 1. The molecule has 9 nitrogen and oxygen atoms in total. The lowest BCUT2D eigenvalue weighted by molar-refractivity contribution is -0.153. The predicted octanol–water partition coefficient (Wildman–Crippen LogP) is 2.67. The number of esters is 1. The number of hydrogen-bond donors (Lipinski definition) is 1. The minimum atomic E-state index is -3.99. The van der Waals surface area contributed by atoms with E-state index in [-0.39, 0.29) is 15.6 Å². The van der Waals surface area contributed by atoms with Gasteiger partial charge in [-0.2, -0.15) is 4.31 Å². The number of thiocarbonyl (C=S) groups is 1. The summed E-state index contributed by atoms with van der Waals surface area (Å²) in [5, 5.41) is 0. The normalized spacial score (nSPS) is 20.6. The topological polar surface area (TPSA) is 116 Å². The molecule has 11 heteroatoms. The van der Waals surface area contributed by atoms with E-state index in [0.717, 1.165) is 28.4 Å². The van der Waals surface area contributed by atoms with E-state index in [9.17, 15) is 13.2 Å². The first-order valence-corrected chi connectivity index (χ1v) is 13.1. The zero-order valence-corrected chi connectivity index (χ0v) is 21.2. The molecule has 0 bridgehead atoms. The molecule has 1 aliphatic rings. The number of nitrogens with two attached hydrogens (primary N) is 1. The SMILES string of the molecule is COc1ccccc1S(=O)(=O)N(C)CC(=O)OC1CCCCC1(C(N)=S)c1ccc2nccn2c1. The van der Waals surface area contributed by atoms with Gasteiger partial charge in [-0.05, 0) is 43.0 Å². The predicted molar refractivity (Wildman–Crippen MR) is 135 cm³/mol. The van der Waals surface area contributed by atoms with Crippen molar-refractivity contribution in [3.05, 3.63) is 60.6 Å². The number of imidazole rings is 1. The van der Waals surface area contributed by atoms with Crippen LogP contribution < -0.4 is 10.5 Å². The zero-order chi connectivity index (χ0) is 25.2. The molecule has 4 rings (SSSR count). The third kappa shape index (κ3) is 4.63. The van der Waals surface area contributed by atoms with E-state index in [2.05, 4.69) is 4.98 Å². The zero-order valence-electron chi connectivity index (χ0n) is 19.6. The van der Waals surface area contributed by atoms with Gasteiger partial charge in [0, 0.05) is 25.6 Å². The number of ether oxygens (including phenoxy) is 2. The highest BCUT2D eigenvalue weighted by molar-refractivity contribution is 7.89. The highest BCUT2D eigenvalue weighted by atomic mass is 32.2. The van der Waals surface area contributed by atoms with E-state index < -0.39 is 34.1 Å². The highest BCUT2D eigenvalue weighted by Crippen LogP contribution is 2.42. The highest BCUT2D eigenvalue weighted by Gasteiger charge is 2.47. The van der Waals surface area contributed by atoms with Gasteiger partial charge >= 0.3 is 5.97 Å². The van der Waals surface area contributed by atoms with Crippen molar-refractivity contribution in [1.82, 2.24) is 13.7 Å². The minimum absolute atomic E-state index is 0.0263. The molecule has 2 unspecified atom stereocenters. The molecule has 0 radical (unpaired) electrons. The van der Waals surface area contributed by atoms with Crippen LogP contribution in [0.4, 0.5) is 0 Å². The van der Waals surface area contributed by atoms with Gasteiger partial charge in [-0.1, -0.05) is 36.8 Å².